The van der Waals surface area contributed by atoms with E-state index in [-0.39, 0.29) is 18.6 Å². The maximum Gasteiger partial charge on any atom is 0.239 e. The molecule has 1 saturated heterocycles. The summed E-state index contributed by atoms with van der Waals surface area (Å²) in [4.78, 5) is 11.9. The molecule has 3 unspecified atom stereocenters. The van der Waals surface area contributed by atoms with Crippen molar-refractivity contribution in [2.45, 2.75) is 57.3 Å². The number of amides is 1. The molecule has 0 aromatic carbocycles. The van der Waals surface area contributed by atoms with Crippen LogP contribution in [0.5, 0.6) is 0 Å². The van der Waals surface area contributed by atoms with Crippen molar-refractivity contribution in [2.24, 2.45) is 5.73 Å². The summed E-state index contributed by atoms with van der Waals surface area (Å²) in [5.41, 5.74) is 4.08. The Bertz CT molecular complexity index is 281. The number of ether oxygens (including phenoxy) is 1. The molecule has 0 aromatic heterocycles. The summed E-state index contributed by atoms with van der Waals surface area (Å²) in [7, 11) is 0. The molecule has 1 aliphatic heterocycles. The quantitative estimate of drug-likeness (QED) is 0.643. The van der Waals surface area contributed by atoms with Crippen LogP contribution in [0.2, 0.25) is 0 Å². The molecule has 3 atom stereocenters. The first-order valence-corrected chi connectivity index (χ1v) is 6.23. The lowest BCUT2D eigenvalue weighted by atomic mass is 9.94. The van der Waals surface area contributed by atoms with E-state index < -0.39 is 11.1 Å². The zero-order valence-corrected chi connectivity index (χ0v) is 11.0. The van der Waals surface area contributed by atoms with E-state index in [1.165, 1.54) is 0 Å². The Balaban J connectivity index is 2.48. The SMILES string of the molecule is CCCC(C)(N)C(=O)NCC1(O)CCOC1C. The van der Waals surface area contributed by atoms with Crippen molar-refractivity contribution in [3.8, 4) is 0 Å². The average Bonchev–Trinajstić information content (AvgIpc) is 2.56. The standard InChI is InChI=1S/C12H24N2O3/c1-4-5-11(3,13)10(15)14-8-12(16)6-7-17-9(12)2/h9,16H,4-8,13H2,1-3H3,(H,14,15). The Morgan fingerprint density at radius 3 is 2.82 bits per heavy atom. The highest BCUT2D eigenvalue weighted by Gasteiger charge is 2.40. The molecule has 0 radical (unpaired) electrons. The van der Waals surface area contributed by atoms with Crippen molar-refractivity contribution in [1.82, 2.24) is 5.32 Å². The largest absolute Gasteiger partial charge is 0.385 e. The minimum Gasteiger partial charge on any atom is -0.385 e. The van der Waals surface area contributed by atoms with Gasteiger partial charge in [-0.2, -0.15) is 0 Å². The molecule has 0 bridgehead atoms. The number of aliphatic hydroxyl groups is 1. The average molecular weight is 244 g/mol. The van der Waals surface area contributed by atoms with Gasteiger partial charge < -0.3 is 20.9 Å². The van der Waals surface area contributed by atoms with Crippen LogP contribution in [0.4, 0.5) is 0 Å². The van der Waals surface area contributed by atoms with Crippen LogP contribution < -0.4 is 11.1 Å². The lowest BCUT2D eigenvalue weighted by molar-refractivity contribution is -0.127. The molecule has 1 fully saturated rings. The molecular formula is C12H24N2O3. The van der Waals surface area contributed by atoms with E-state index in [1.54, 1.807) is 6.92 Å². The third-order valence-electron chi connectivity index (χ3n) is 3.50. The van der Waals surface area contributed by atoms with Crippen molar-refractivity contribution < 1.29 is 14.6 Å². The fourth-order valence-electron chi connectivity index (χ4n) is 2.07. The molecule has 4 N–H and O–H groups in total. The number of nitrogens with one attached hydrogen (secondary N) is 1. The van der Waals surface area contributed by atoms with E-state index in [9.17, 15) is 9.90 Å². The molecule has 0 aliphatic carbocycles. The molecule has 1 rings (SSSR count). The molecule has 5 heteroatoms. The predicted octanol–water partition coefficient (Wildman–Crippen LogP) is 0.160. The maximum atomic E-state index is 11.9. The Hall–Kier alpha value is -0.650. The first-order chi connectivity index (χ1) is 7.82. The molecule has 0 aromatic rings. The van der Waals surface area contributed by atoms with E-state index in [0.717, 1.165) is 6.42 Å². The van der Waals surface area contributed by atoms with Gasteiger partial charge >= 0.3 is 0 Å². The highest BCUT2D eigenvalue weighted by molar-refractivity contribution is 5.85. The zero-order chi connectivity index (χ0) is 13.1. The third kappa shape index (κ3) is 3.40. The van der Waals surface area contributed by atoms with Crippen LogP contribution in [0.3, 0.4) is 0 Å². The third-order valence-corrected chi connectivity index (χ3v) is 3.50. The van der Waals surface area contributed by atoms with Gasteiger partial charge in [0.25, 0.3) is 0 Å². The fourth-order valence-corrected chi connectivity index (χ4v) is 2.07. The van der Waals surface area contributed by atoms with Gasteiger partial charge in [0.15, 0.2) is 0 Å². The number of rotatable bonds is 5. The highest BCUT2D eigenvalue weighted by Crippen LogP contribution is 2.24. The number of carbonyl (C=O) groups excluding carboxylic acids is 1. The van der Waals surface area contributed by atoms with Crippen molar-refractivity contribution >= 4 is 5.91 Å². The normalized spacial score (nSPS) is 32.2. The van der Waals surface area contributed by atoms with Gasteiger partial charge in [0.1, 0.15) is 5.60 Å². The minimum absolute atomic E-state index is 0.198. The Morgan fingerprint density at radius 1 is 1.71 bits per heavy atom. The summed E-state index contributed by atoms with van der Waals surface area (Å²) in [5, 5.41) is 13.0. The molecule has 1 heterocycles. The second-order valence-electron chi connectivity index (χ2n) is 5.22. The number of hydrogen-bond donors (Lipinski definition) is 3. The van der Waals surface area contributed by atoms with Gasteiger partial charge in [-0.05, 0) is 20.3 Å². The predicted molar refractivity (Wildman–Crippen MR) is 65.5 cm³/mol. The topological polar surface area (TPSA) is 84.6 Å². The van der Waals surface area contributed by atoms with Gasteiger partial charge in [0.2, 0.25) is 5.91 Å². The van der Waals surface area contributed by atoms with E-state index in [4.69, 9.17) is 10.5 Å². The van der Waals surface area contributed by atoms with Crippen molar-refractivity contribution in [3.63, 3.8) is 0 Å². The molecule has 1 aliphatic rings. The lowest BCUT2D eigenvalue weighted by Crippen LogP contribution is -2.56. The molecule has 1 amide bonds. The lowest BCUT2D eigenvalue weighted by Gasteiger charge is -2.29. The van der Waals surface area contributed by atoms with Gasteiger partial charge in [-0.3, -0.25) is 4.79 Å². The van der Waals surface area contributed by atoms with Crippen molar-refractivity contribution in [2.75, 3.05) is 13.2 Å². The van der Waals surface area contributed by atoms with Gasteiger partial charge in [-0.25, -0.2) is 0 Å². The fraction of sp³-hybridized carbons (Fsp3) is 0.917. The van der Waals surface area contributed by atoms with Crippen LogP contribution in [0, 0.1) is 0 Å². The van der Waals surface area contributed by atoms with Crippen LogP contribution >= 0.6 is 0 Å². The van der Waals surface area contributed by atoms with Crippen LogP contribution in [0.15, 0.2) is 0 Å². The Kier molecular flexibility index (Phi) is 4.52. The van der Waals surface area contributed by atoms with E-state index in [0.29, 0.717) is 19.4 Å². The van der Waals surface area contributed by atoms with Gasteiger partial charge in [0, 0.05) is 19.6 Å². The molecular weight excluding hydrogens is 220 g/mol. The van der Waals surface area contributed by atoms with Crippen molar-refractivity contribution in [1.29, 1.82) is 0 Å². The molecule has 0 saturated carbocycles. The summed E-state index contributed by atoms with van der Waals surface area (Å²) in [6.45, 7) is 6.24. The van der Waals surface area contributed by atoms with E-state index in [2.05, 4.69) is 5.32 Å². The number of hydrogen-bond acceptors (Lipinski definition) is 4. The molecule has 0 spiro atoms. The second kappa shape index (κ2) is 5.33. The monoisotopic (exact) mass is 244 g/mol. The molecule has 100 valence electrons. The molecule has 5 nitrogen and oxygen atoms in total. The Labute approximate surface area is 103 Å². The van der Waals surface area contributed by atoms with Gasteiger partial charge in [0.05, 0.1) is 11.6 Å². The number of carbonyl (C=O) groups is 1. The van der Waals surface area contributed by atoms with Crippen LogP contribution in [-0.4, -0.2) is 41.4 Å². The summed E-state index contributed by atoms with van der Waals surface area (Å²) in [5.74, 6) is -0.216. The summed E-state index contributed by atoms with van der Waals surface area (Å²) >= 11 is 0. The summed E-state index contributed by atoms with van der Waals surface area (Å²) in [6, 6.07) is 0. The minimum atomic E-state index is -0.960. The highest BCUT2D eigenvalue weighted by atomic mass is 16.5. The number of nitrogens with two attached hydrogens (primary N) is 1. The van der Waals surface area contributed by atoms with Gasteiger partial charge in [-0.15, -0.1) is 0 Å². The van der Waals surface area contributed by atoms with E-state index in [1.807, 2.05) is 13.8 Å². The zero-order valence-electron chi connectivity index (χ0n) is 11.0. The molecule has 17 heavy (non-hydrogen) atoms. The maximum absolute atomic E-state index is 11.9. The van der Waals surface area contributed by atoms with Crippen molar-refractivity contribution in [3.05, 3.63) is 0 Å². The second-order valence-corrected chi connectivity index (χ2v) is 5.22. The first kappa shape index (κ1) is 14.4. The summed E-state index contributed by atoms with van der Waals surface area (Å²) < 4.78 is 5.30. The Morgan fingerprint density at radius 2 is 2.35 bits per heavy atom. The van der Waals surface area contributed by atoms with Gasteiger partial charge in [-0.1, -0.05) is 13.3 Å². The van der Waals surface area contributed by atoms with Crippen LogP contribution in [-0.2, 0) is 9.53 Å². The summed E-state index contributed by atoms with van der Waals surface area (Å²) in [6.07, 6.45) is 1.77. The smallest absolute Gasteiger partial charge is 0.239 e. The first-order valence-electron chi connectivity index (χ1n) is 6.23. The van der Waals surface area contributed by atoms with Crippen LogP contribution in [0.25, 0.3) is 0 Å². The van der Waals surface area contributed by atoms with Crippen LogP contribution in [0.1, 0.15) is 40.0 Å². The van der Waals surface area contributed by atoms with E-state index >= 15 is 0 Å².